The van der Waals surface area contributed by atoms with Gasteiger partial charge in [0.25, 0.3) is 10.1 Å². The number of carbonyl (C=O) groups is 4. The van der Waals surface area contributed by atoms with Crippen LogP contribution < -0.4 is 16.1 Å². The number of ether oxygens (including phenoxy) is 2. The van der Waals surface area contributed by atoms with Crippen molar-refractivity contribution >= 4 is 46.7 Å². The normalized spacial score (nSPS) is 24.3. The molecule has 1 aromatic rings. The van der Waals surface area contributed by atoms with Gasteiger partial charge in [0.05, 0.1) is 18.1 Å². The first-order valence-electron chi connectivity index (χ1n) is 16.9. The van der Waals surface area contributed by atoms with Crippen LogP contribution in [0.1, 0.15) is 70.6 Å². The van der Waals surface area contributed by atoms with Gasteiger partial charge in [0, 0.05) is 18.9 Å². The number of methoxy groups -OCH3 is 1. The second-order valence-electron chi connectivity index (χ2n) is 12.8. The van der Waals surface area contributed by atoms with Crippen molar-refractivity contribution in [1.29, 1.82) is 0 Å². The molecular weight excluding hydrogens is 637 g/mol. The minimum Gasteiger partial charge on any atom is -0.467 e. The quantitative estimate of drug-likeness (QED) is 0.0828. The Labute approximate surface area is 284 Å². The average molecular weight is 686 g/mol. The van der Waals surface area contributed by atoms with Crippen LogP contribution in [0.4, 0.5) is 4.79 Å². The first-order valence-corrected chi connectivity index (χ1v) is 18.3. The molecule has 1 aromatic carbocycles. The zero-order chi connectivity index (χ0) is 34.9. The molecule has 1 aliphatic heterocycles. The van der Waals surface area contributed by atoms with Crippen LogP contribution in [-0.4, -0.2) is 88.0 Å². The van der Waals surface area contributed by atoms with Crippen LogP contribution in [-0.2, 0) is 38.2 Å². The molecule has 2 N–H and O–H groups in total. The van der Waals surface area contributed by atoms with Crippen molar-refractivity contribution in [3.05, 3.63) is 49.6 Å². The molecule has 12 nitrogen and oxygen atoms in total. The average Bonchev–Trinajstić information content (AvgIpc) is 3.34. The highest BCUT2D eigenvalue weighted by Gasteiger charge is 2.62. The van der Waals surface area contributed by atoms with Crippen LogP contribution in [0.3, 0.4) is 0 Å². The molecule has 5 atom stereocenters. The summed E-state index contributed by atoms with van der Waals surface area (Å²) in [6.45, 7) is 9.21. The van der Waals surface area contributed by atoms with E-state index >= 15 is 0 Å². The minimum atomic E-state index is -4.25. The molecule has 2 saturated carbocycles. The number of alkyl carbamates (subject to hydrolysis) is 1. The lowest BCUT2D eigenvalue weighted by molar-refractivity contribution is -0.148. The molecule has 4 rings (SSSR count). The number of allylic oxidation sites excluding steroid dienone is 1. The van der Waals surface area contributed by atoms with Gasteiger partial charge in [-0.2, -0.15) is 8.42 Å². The molecule has 1 saturated heterocycles. The van der Waals surface area contributed by atoms with Gasteiger partial charge in [-0.1, -0.05) is 49.4 Å². The summed E-state index contributed by atoms with van der Waals surface area (Å²) in [5.41, 5.74) is -0.377. The Morgan fingerprint density at radius 3 is 2.40 bits per heavy atom. The van der Waals surface area contributed by atoms with Gasteiger partial charge in [-0.15, -0.1) is 13.2 Å². The van der Waals surface area contributed by atoms with Gasteiger partial charge >= 0.3 is 12.1 Å². The number of carbonyl (C=O) groups excluding carboxylic acids is 4. The Bertz CT molecular complexity index is 1450. The summed E-state index contributed by atoms with van der Waals surface area (Å²) in [5, 5.41) is 5.49. The molecule has 0 bridgehead atoms. The third-order valence-corrected chi connectivity index (χ3v) is 10.9. The summed E-state index contributed by atoms with van der Waals surface area (Å²) in [6.07, 6.45) is 8.25. The third kappa shape index (κ3) is 9.07. The molecule has 0 unspecified atom stereocenters. The number of nitrogens with one attached hydrogen (secondary N) is 2. The van der Waals surface area contributed by atoms with E-state index in [0.717, 1.165) is 57.7 Å². The molecule has 3 amide bonds. The van der Waals surface area contributed by atoms with Gasteiger partial charge in [-0.25, -0.2) is 9.59 Å². The molecule has 48 heavy (non-hydrogen) atoms. The lowest BCUT2D eigenvalue weighted by atomic mass is 9.74. The standard InChI is InChI=1S/C34H48BN3O9S/c1-5-7-8-9-10-15-28(36-33(42)46-25-13-11-12-14-25)31(40)38-22-26(47-48(43,44)27-18-16-24(35-3)17-19-27)20-29(38)30(39)37-34(32(41)45-4)21-23(34)6-2/h5-6,16-19,23,25-26,28-29,35H,1-2,7-15,20-22H2,3-4H3,(H,36,42)(H,37,39)/t23-,26+,28+,29+,34-/m1/s1. The third-order valence-electron chi connectivity index (χ3n) is 9.49. The van der Waals surface area contributed by atoms with E-state index in [2.05, 4.69) is 23.8 Å². The van der Waals surface area contributed by atoms with Crippen LogP contribution in [0, 0.1) is 5.92 Å². The Kier molecular flexibility index (Phi) is 12.9. The van der Waals surface area contributed by atoms with E-state index in [1.54, 1.807) is 18.2 Å². The highest BCUT2D eigenvalue weighted by Crippen LogP contribution is 2.45. The van der Waals surface area contributed by atoms with E-state index in [0.29, 0.717) is 6.42 Å². The fraction of sp³-hybridized carbons (Fsp3) is 0.588. The predicted octanol–water partition coefficient (Wildman–Crippen LogP) is 2.88. The van der Waals surface area contributed by atoms with Crippen molar-refractivity contribution in [2.75, 3.05) is 13.7 Å². The van der Waals surface area contributed by atoms with Crippen molar-refractivity contribution in [1.82, 2.24) is 15.5 Å². The van der Waals surface area contributed by atoms with Gasteiger partial charge in [0.2, 0.25) is 11.8 Å². The van der Waals surface area contributed by atoms with Crippen molar-refractivity contribution in [3.8, 4) is 0 Å². The number of likely N-dealkylation sites (tertiary alicyclic amines) is 1. The summed E-state index contributed by atoms with van der Waals surface area (Å²) < 4.78 is 42.7. The van der Waals surface area contributed by atoms with Gasteiger partial charge in [0.15, 0.2) is 7.28 Å². The smallest absolute Gasteiger partial charge is 0.408 e. The second-order valence-corrected chi connectivity index (χ2v) is 14.4. The molecule has 3 fully saturated rings. The Morgan fingerprint density at radius 2 is 1.79 bits per heavy atom. The van der Waals surface area contributed by atoms with E-state index in [4.69, 9.17) is 13.7 Å². The van der Waals surface area contributed by atoms with Crippen molar-refractivity contribution in [3.63, 3.8) is 0 Å². The number of rotatable bonds is 17. The van der Waals surface area contributed by atoms with Gasteiger partial charge in [-0.05, 0) is 63.5 Å². The largest absolute Gasteiger partial charge is 0.467 e. The Balaban J connectivity index is 1.57. The molecule has 0 aromatic heterocycles. The number of hydrogen-bond acceptors (Lipinski definition) is 9. The molecule has 3 aliphatic rings. The van der Waals surface area contributed by atoms with E-state index in [1.807, 2.05) is 12.9 Å². The van der Waals surface area contributed by atoms with Crippen molar-refractivity contribution in [2.24, 2.45) is 5.92 Å². The highest BCUT2D eigenvalue weighted by molar-refractivity contribution is 7.86. The summed E-state index contributed by atoms with van der Waals surface area (Å²) in [7, 11) is -2.30. The zero-order valence-corrected chi connectivity index (χ0v) is 28.8. The molecule has 262 valence electrons. The van der Waals surface area contributed by atoms with Gasteiger partial charge in [-0.3, -0.25) is 13.8 Å². The molecule has 14 heteroatoms. The fourth-order valence-electron chi connectivity index (χ4n) is 6.58. The Morgan fingerprint density at radius 1 is 1.08 bits per heavy atom. The number of nitrogens with zero attached hydrogens (tertiary/aromatic N) is 1. The van der Waals surface area contributed by atoms with E-state index in [1.165, 1.54) is 24.1 Å². The van der Waals surface area contributed by atoms with E-state index < -0.39 is 57.7 Å². The molecule has 1 heterocycles. The van der Waals surface area contributed by atoms with Crippen LogP contribution in [0.25, 0.3) is 0 Å². The van der Waals surface area contributed by atoms with Crippen molar-refractivity contribution < 1.29 is 41.3 Å². The predicted molar refractivity (Wildman–Crippen MR) is 181 cm³/mol. The lowest BCUT2D eigenvalue weighted by Gasteiger charge is -2.29. The first kappa shape index (κ1) is 37.2. The fourth-order valence-corrected chi connectivity index (χ4v) is 7.66. The SMILES string of the molecule is C=CCCCCC[C@H](NC(=O)OC1CCCC1)C(=O)N1C[C@@H](OS(=O)(=O)c2ccc(BC)cc2)C[C@H]1C(=O)N[C@]1(C(=O)OC)C[C@H]1C=C. The van der Waals surface area contributed by atoms with E-state index in [9.17, 15) is 27.6 Å². The summed E-state index contributed by atoms with van der Waals surface area (Å²) in [6, 6.07) is 4.09. The summed E-state index contributed by atoms with van der Waals surface area (Å²) >= 11 is 0. The van der Waals surface area contributed by atoms with Gasteiger partial charge in [0.1, 0.15) is 23.7 Å². The summed E-state index contributed by atoms with van der Waals surface area (Å²) in [5.74, 6) is -2.24. The highest BCUT2D eigenvalue weighted by atomic mass is 32.2. The number of hydrogen-bond donors (Lipinski definition) is 2. The molecule has 2 aliphatic carbocycles. The second kappa shape index (κ2) is 16.6. The van der Waals surface area contributed by atoms with Crippen LogP contribution in [0.5, 0.6) is 0 Å². The monoisotopic (exact) mass is 685 g/mol. The number of esters is 1. The van der Waals surface area contributed by atoms with Crippen LogP contribution in [0.2, 0.25) is 6.82 Å². The molecular formula is C34H48BN3O9S. The lowest BCUT2D eigenvalue weighted by Crippen LogP contribution is -2.56. The topological polar surface area (TPSA) is 157 Å². The maximum Gasteiger partial charge on any atom is 0.408 e. The maximum absolute atomic E-state index is 14.2. The number of benzene rings is 1. The first-order chi connectivity index (χ1) is 23.0. The van der Waals surface area contributed by atoms with Crippen LogP contribution in [0.15, 0.2) is 54.5 Å². The molecule has 0 spiro atoms. The maximum atomic E-state index is 14.2. The number of unbranched alkanes of at least 4 members (excludes halogenated alkanes) is 3. The zero-order valence-electron chi connectivity index (χ0n) is 28.0. The Hall–Kier alpha value is -3.65. The van der Waals surface area contributed by atoms with Crippen molar-refractivity contribution in [2.45, 2.75) is 112 Å². The summed E-state index contributed by atoms with van der Waals surface area (Å²) in [4.78, 5) is 55.0. The number of amides is 3. The minimum absolute atomic E-state index is 0.0457. The van der Waals surface area contributed by atoms with Gasteiger partial charge < -0.3 is 25.0 Å². The van der Waals surface area contributed by atoms with E-state index in [-0.39, 0.29) is 42.7 Å². The molecule has 0 radical (unpaired) electrons. The van der Waals surface area contributed by atoms with Crippen LogP contribution >= 0.6 is 0 Å².